The average molecular weight is 437 g/mol. The average Bonchev–Trinajstić information content (AvgIpc) is 2.62. The third-order valence-corrected chi connectivity index (χ3v) is 4.80. The molecule has 0 radical (unpaired) electrons. The maximum atomic E-state index is 12.3. The van der Waals surface area contributed by atoms with E-state index in [0.29, 0.717) is 11.4 Å². The van der Waals surface area contributed by atoms with E-state index in [1.165, 1.54) is 25.3 Å². The normalized spacial score (nSPS) is 10.6. The van der Waals surface area contributed by atoms with Gasteiger partial charge in [0.25, 0.3) is 11.6 Å². The van der Waals surface area contributed by atoms with Gasteiger partial charge in [0.15, 0.2) is 6.61 Å². The molecule has 0 aromatic heterocycles. The van der Waals surface area contributed by atoms with E-state index in [4.69, 9.17) is 9.47 Å². The molecule has 0 spiro atoms. The number of methoxy groups -OCH3 is 1. The number of amides is 1. The highest BCUT2D eigenvalue weighted by atomic mass is 79.9. The summed E-state index contributed by atoms with van der Waals surface area (Å²) in [5.41, 5.74) is 2.22. The zero-order valence-corrected chi connectivity index (χ0v) is 17.1. The summed E-state index contributed by atoms with van der Waals surface area (Å²) < 4.78 is 11.8. The smallest absolute Gasteiger partial charge is 0.273 e. The van der Waals surface area contributed by atoms with E-state index in [1.807, 2.05) is 32.9 Å². The van der Waals surface area contributed by atoms with Crippen molar-refractivity contribution in [2.75, 3.05) is 19.0 Å². The first-order chi connectivity index (χ1) is 12.7. The van der Waals surface area contributed by atoms with Gasteiger partial charge in [-0.15, -0.1) is 0 Å². The quantitative estimate of drug-likeness (QED) is 0.496. The molecule has 7 nitrogen and oxygen atoms in total. The first-order valence-corrected chi connectivity index (χ1v) is 9.07. The topological polar surface area (TPSA) is 90.7 Å². The van der Waals surface area contributed by atoms with Crippen LogP contribution in [0.4, 0.5) is 11.4 Å². The minimum absolute atomic E-state index is 0.118. The number of hydrogen-bond acceptors (Lipinski definition) is 5. The van der Waals surface area contributed by atoms with E-state index in [9.17, 15) is 14.9 Å². The highest BCUT2D eigenvalue weighted by molar-refractivity contribution is 9.10. The Labute approximate surface area is 166 Å². The minimum Gasteiger partial charge on any atom is -0.494 e. The fourth-order valence-corrected chi connectivity index (χ4v) is 2.83. The molecular formula is C19H21BrN2O5. The number of nitro benzene ring substituents is 1. The molecule has 0 heterocycles. The second kappa shape index (κ2) is 8.85. The van der Waals surface area contributed by atoms with Gasteiger partial charge in [0, 0.05) is 10.5 Å². The van der Waals surface area contributed by atoms with Crippen molar-refractivity contribution in [3.05, 3.63) is 56.0 Å². The van der Waals surface area contributed by atoms with Crippen molar-refractivity contribution >= 4 is 33.2 Å². The fraction of sp³-hybridized carbons (Fsp3) is 0.316. The molecule has 0 fully saturated rings. The number of ether oxygens (including phenoxy) is 2. The van der Waals surface area contributed by atoms with Crippen LogP contribution < -0.4 is 14.8 Å². The van der Waals surface area contributed by atoms with Crippen LogP contribution in [0.5, 0.6) is 11.5 Å². The van der Waals surface area contributed by atoms with Gasteiger partial charge in [0.2, 0.25) is 0 Å². The molecule has 144 valence electrons. The van der Waals surface area contributed by atoms with E-state index in [1.54, 1.807) is 0 Å². The lowest BCUT2D eigenvalue weighted by Gasteiger charge is -2.16. The van der Waals surface area contributed by atoms with Gasteiger partial charge in [-0.05, 0) is 42.2 Å². The Hall–Kier alpha value is -2.61. The van der Waals surface area contributed by atoms with Crippen LogP contribution in [0, 0.1) is 17.0 Å². The largest absolute Gasteiger partial charge is 0.494 e. The van der Waals surface area contributed by atoms with Crippen LogP contribution in [-0.4, -0.2) is 24.5 Å². The van der Waals surface area contributed by atoms with Gasteiger partial charge >= 0.3 is 0 Å². The maximum Gasteiger partial charge on any atom is 0.273 e. The molecule has 0 aliphatic heterocycles. The molecule has 2 aromatic rings. The summed E-state index contributed by atoms with van der Waals surface area (Å²) in [6.07, 6.45) is 0. The standard InChI is InChI=1S/C19H21BrN2O5/c1-11(2)14-9-15(20)12(3)7-17(14)27-10-19(23)21-16-6-5-13(22(24)25)8-18(16)26-4/h5-9,11H,10H2,1-4H3,(H,21,23). The number of benzene rings is 2. The molecule has 0 atom stereocenters. The summed E-state index contributed by atoms with van der Waals surface area (Å²) in [7, 11) is 1.38. The number of halogens is 1. The molecule has 0 bridgehead atoms. The number of nitrogens with zero attached hydrogens (tertiary/aromatic N) is 1. The number of anilines is 1. The van der Waals surface area contributed by atoms with Crippen LogP contribution in [0.1, 0.15) is 30.9 Å². The van der Waals surface area contributed by atoms with Gasteiger partial charge in [-0.1, -0.05) is 29.8 Å². The van der Waals surface area contributed by atoms with Crippen molar-refractivity contribution in [3.63, 3.8) is 0 Å². The maximum absolute atomic E-state index is 12.3. The summed E-state index contributed by atoms with van der Waals surface area (Å²) in [5.74, 6) is 0.698. The number of hydrogen-bond donors (Lipinski definition) is 1. The van der Waals surface area contributed by atoms with E-state index >= 15 is 0 Å². The van der Waals surface area contributed by atoms with E-state index in [2.05, 4.69) is 21.2 Å². The van der Waals surface area contributed by atoms with E-state index in [0.717, 1.165) is 15.6 Å². The van der Waals surface area contributed by atoms with Gasteiger partial charge in [-0.3, -0.25) is 14.9 Å². The van der Waals surface area contributed by atoms with Gasteiger partial charge in [-0.25, -0.2) is 0 Å². The monoisotopic (exact) mass is 436 g/mol. The Morgan fingerprint density at radius 3 is 2.56 bits per heavy atom. The van der Waals surface area contributed by atoms with E-state index in [-0.39, 0.29) is 24.0 Å². The van der Waals surface area contributed by atoms with Gasteiger partial charge in [-0.2, -0.15) is 0 Å². The van der Waals surface area contributed by atoms with Crippen molar-refractivity contribution in [3.8, 4) is 11.5 Å². The van der Waals surface area contributed by atoms with Crippen LogP contribution in [0.3, 0.4) is 0 Å². The Balaban J connectivity index is 2.11. The lowest BCUT2D eigenvalue weighted by atomic mass is 10.0. The summed E-state index contributed by atoms with van der Waals surface area (Å²) in [6.45, 7) is 5.85. The third kappa shape index (κ3) is 5.19. The second-order valence-electron chi connectivity index (χ2n) is 6.27. The zero-order valence-electron chi connectivity index (χ0n) is 15.5. The van der Waals surface area contributed by atoms with Crippen molar-refractivity contribution in [2.24, 2.45) is 0 Å². The SMILES string of the molecule is COc1cc([N+](=O)[O-])ccc1NC(=O)COc1cc(C)c(Br)cc1C(C)C. The molecule has 8 heteroatoms. The van der Waals surface area contributed by atoms with Crippen molar-refractivity contribution in [1.82, 2.24) is 0 Å². The Bertz CT molecular complexity index is 867. The Morgan fingerprint density at radius 2 is 1.96 bits per heavy atom. The van der Waals surface area contributed by atoms with Gasteiger partial charge < -0.3 is 14.8 Å². The Morgan fingerprint density at radius 1 is 1.26 bits per heavy atom. The van der Waals surface area contributed by atoms with Crippen LogP contribution in [0.25, 0.3) is 0 Å². The number of nitro groups is 1. The molecule has 2 aromatic carbocycles. The van der Waals surface area contributed by atoms with Crippen LogP contribution >= 0.6 is 15.9 Å². The molecule has 0 saturated heterocycles. The van der Waals surface area contributed by atoms with Crippen molar-refractivity contribution in [2.45, 2.75) is 26.7 Å². The number of nitrogens with one attached hydrogen (secondary N) is 1. The third-order valence-electron chi connectivity index (χ3n) is 3.94. The highest BCUT2D eigenvalue weighted by Crippen LogP contribution is 2.32. The lowest BCUT2D eigenvalue weighted by Crippen LogP contribution is -2.21. The molecule has 1 N–H and O–H groups in total. The molecule has 0 aliphatic rings. The van der Waals surface area contributed by atoms with Crippen LogP contribution in [0.15, 0.2) is 34.8 Å². The molecule has 27 heavy (non-hydrogen) atoms. The van der Waals surface area contributed by atoms with Crippen molar-refractivity contribution < 1.29 is 19.2 Å². The molecule has 0 saturated carbocycles. The second-order valence-corrected chi connectivity index (χ2v) is 7.13. The highest BCUT2D eigenvalue weighted by Gasteiger charge is 2.15. The number of carbonyl (C=O) groups is 1. The molecule has 0 unspecified atom stereocenters. The zero-order chi connectivity index (χ0) is 20.1. The number of non-ortho nitro benzene ring substituents is 1. The molecule has 2 rings (SSSR count). The first-order valence-electron chi connectivity index (χ1n) is 8.28. The number of aryl methyl sites for hydroxylation is 1. The van der Waals surface area contributed by atoms with Crippen LogP contribution in [0.2, 0.25) is 0 Å². The summed E-state index contributed by atoms with van der Waals surface area (Å²) >= 11 is 3.51. The van der Waals surface area contributed by atoms with E-state index < -0.39 is 10.8 Å². The summed E-state index contributed by atoms with van der Waals surface area (Å²) in [4.78, 5) is 22.6. The summed E-state index contributed by atoms with van der Waals surface area (Å²) in [5, 5.41) is 13.5. The fourth-order valence-electron chi connectivity index (χ4n) is 2.47. The van der Waals surface area contributed by atoms with Gasteiger partial charge in [0.1, 0.15) is 11.5 Å². The molecule has 0 aliphatic carbocycles. The summed E-state index contributed by atoms with van der Waals surface area (Å²) in [6, 6.07) is 7.86. The predicted octanol–water partition coefficient (Wildman–Crippen LogP) is 4.82. The van der Waals surface area contributed by atoms with Gasteiger partial charge in [0.05, 0.1) is 23.8 Å². The minimum atomic E-state index is -0.527. The lowest BCUT2D eigenvalue weighted by molar-refractivity contribution is -0.384. The number of rotatable bonds is 7. The first kappa shape index (κ1) is 20.7. The molecular weight excluding hydrogens is 416 g/mol. The molecule has 1 amide bonds. The number of carbonyl (C=O) groups excluding carboxylic acids is 1. The Kier molecular flexibility index (Phi) is 6.79. The predicted molar refractivity (Wildman–Crippen MR) is 107 cm³/mol. The van der Waals surface area contributed by atoms with Crippen molar-refractivity contribution in [1.29, 1.82) is 0 Å². The van der Waals surface area contributed by atoms with Crippen LogP contribution in [-0.2, 0) is 4.79 Å².